The van der Waals surface area contributed by atoms with Gasteiger partial charge >= 0.3 is 0 Å². The van der Waals surface area contributed by atoms with Crippen LogP contribution in [0.15, 0.2) is 40.6 Å². The van der Waals surface area contributed by atoms with Gasteiger partial charge < -0.3 is 14.0 Å². The summed E-state index contributed by atoms with van der Waals surface area (Å²) in [6.45, 7) is 4.03. The maximum Gasteiger partial charge on any atom is 0.244 e. The van der Waals surface area contributed by atoms with Crippen molar-refractivity contribution < 1.29 is 14.3 Å². The number of amides is 1. The van der Waals surface area contributed by atoms with Crippen molar-refractivity contribution in [2.75, 3.05) is 20.5 Å². The van der Waals surface area contributed by atoms with Gasteiger partial charge in [-0.25, -0.2) is 9.97 Å². The van der Waals surface area contributed by atoms with Gasteiger partial charge in [-0.3, -0.25) is 4.79 Å². The zero-order valence-electron chi connectivity index (χ0n) is 16.5. The number of rotatable bonds is 5. The Hall–Kier alpha value is -2.87. The summed E-state index contributed by atoms with van der Waals surface area (Å²) >= 11 is 1.47. The van der Waals surface area contributed by atoms with E-state index in [1.165, 1.54) is 18.7 Å². The first kappa shape index (κ1) is 19.9. The zero-order valence-corrected chi connectivity index (χ0v) is 17.3. The van der Waals surface area contributed by atoms with Crippen LogP contribution in [0, 0.1) is 0 Å². The van der Waals surface area contributed by atoms with Crippen LogP contribution in [0.5, 0.6) is 11.5 Å². The molecule has 0 saturated carbocycles. The summed E-state index contributed by atoms with van der Waals surface area (Å²) in [6.07, 6.45) is 3.72. The molecule has 8 heteroatoms. The number of aryl methyl sites for hydroxylation is 1. The van der Waals surface area contributed by atoms with Gasteiger partial charge in [0.05, 0.1) is 14.2 Å². The highest BCUT2D eigenvalue weighted by molar-refractivity contribution is 7.98. The average Bonchev–Trinajstić information content (AvgIpc) is 2.71. The van der Waals surface area contributed by atoms with Gasteiger partial charge in [0, 0.05) is 36.7 Å². The minimum atomic E-state index is -0.281. The Balaban J connectivity index is 2.44. The van der Waals surface area contributed by atoms with E-state index in [9.17, 15) is 4.79 Å². The first-order valence-electron chi connectivity index (χ1n) is 8.74. The molecule has 1 amide bonds. The Morgan fingerprint density at radius 3 is 2.39 bits per heavy atom. The van der Waals surface area contributed by atoms with Crippen molar-refractivity contribution in [3.05, 3.63) is 36.0 Å². The molecule has 2 heterocycles. The molecule has 2 aromatic heterocycles. The first-order chi connectivity index (χ1) is 13.5. The highest BCUT2D eigenvalue weighted by atomic mass is 32.2. The SMILES string of the molecule is CCn1c(=NC(C)=O)c(-c2cc(OC)cc(OC)c2)cc2cnc(SC)nc21. The van der Waals surface area contributed by atoms with Crippen LogP contribution < -0.4 is 15.0 Å². The van der Waals surface area contributed by atoms with E-state index in [4.69, 9.17) is 9.47 Å². The molecule has 28 heavy (non-hydrogen) atoms. The fourth-order valence-electron chi connectivity index (χ4n) is 2.99. The maximum absolute atomic E-state index is 11.9. The van der Waals surface area contributed by atoms with Crippen molar-refractivity contribution in [3.8, 4) is 22.6 Å². The zero-order chi connectivity index (χ0) is 20.3. The maximum atomic E-state index is 11.9. The molecule has 146 valence electrons. The molecule has 0 bridgehead atoms. The first-order valence-corrected chi connectivity index (χ1v) is 9.96. The molecule has 3 rings (SSSR count). The van der Waals surface area contributed by atoms with Crippen LogP contribution in [0.25, 0.3) is 22.2 Å². The van der Waals surface area contributed by atoms with Crippen LogP contribution in [0.2, 0.25) is 0 Å². The normalized spacial score (nSPS) is 11.7. The van der Waals surface area contributed by atoms with E-state index in [2.05, 4.69) is 15.0 Å². The van der Waals surface area contributed by atoms with Gasteiger partial charge in [-0.2, -0.15) is 4.99 Å². The fraction of sp³-hybridized carbons (Fsp3) is 0.300. The topological polar surface area (TPSA) is 78.6 Å². The van der Waals surface area contributed by atoms with Crippen LogP contribution in [0.4, 0.5) is 0 Å². The lowest BCUT2D eigenvalue weighted by molar-refractivity contribution is -0.116. The number of hydrogen-bond donors (Lipinski definition) is 0. The molecular formula is C20H22N4O3S. The average molecular weight is 398 g/mol. The summed E-state index contributed by atoms with van der Waals surface area (Å²) in [4.78, 5) is 25.2. The van der Waals surface area contributed by atoms with E-state index in [0.717, 1.165) is 22.2 Å². The number of methoxy groups -OCH3 is 2. The molecule has 0 unspecified atom stereocenters. The molecule has 0 radical (unpaired) electrons. The Kier molecular flexibility index (Phi) is 5.99. The lowest BCUT2D eigenvalue weighted by Gasteiger charge is -2.15. The Morgan fingerprint density at radius 1 is 1.18 bits per heavy atom. The van der Waals surface area contributed by atoms with Crippen molar-refractivity contribution in [2.45, 2.75) is 25.5 Å². The molecule has 0 atom stereocenters. The van der Waals surface area contributed by atoms with Gasteiger partial charge in [-0.15, -0.1) is 0 Å². The molecule has 7 nitrogen and oxygen atoms in total. The predicted octanol–water partition coefficient (Wildman–Crippen LogP) is 3.30. The fourth-order valence-corrected chi connectivity index (χ4v) is 3.33. The predicted molar refractivity (Wildman–Crippen MR) is 110 cm³/mol. The summed E-state index contributed by atoms with van der Waals surface area (Å²) in [6, 6.07) is 7.52. The Bertz CT molecular complexity index is 1090. The monoisotopic (exact) mass is 398 g/mol. The summed E-state index contributed by atoms with van der Waals surface area (Å²) in [5.74, 6) is 1.03. The molecule has 1 aromatic carbocycles. The van der Waals surface area contributed by atoms with E-state index >= 15 is 0 Å². The van der Waals surface area contributed by atoms with Crippen LogP contribution in [0.1, 0.15) is 13.8 Å². The highest BCUT2D eigenvalue weighted by Gasteiger charge is 2.14. The van der Waals surface area contributed by atoms with Crippen molar-refractivity contribution in [2.24, 2.45) is 4.99 Å². The number of benzene rings is 1. The number of carbonyl (C=O) groups is 1. The van der Waals surface area contributed by atoms with Gasteiger partial charge in [-0.05, 0) is 36.9 Å². The van der Waals surface area contributed by atoms with Gasteiger partial charge in [0.15, 0.2) is 5.16 Å². The van der Waals surface area contributed by atoms with E-state index in [1.807, 2.05) is 35.9 Å². The van der Waals surface area contributed by atoms with Crippen LogP contribution in [-0.2, 0) is 11.3 Å². The molecule has 0 aliphatic rings. The standard InChI is InChI=1S/C20H22N4O3S/c1-6-24-18-14(11-21-20(23-18)28-5)9-17(19(24)22-12(2)25)13-7-15(26-3)10-16(8-13)27-4/h7-11H,6H2,1-5H3. The van der Waals surface area contributed by atoms with E-state index in [-0.39, 0.29) is 5.91 Å². The second kappa shape index (κ2) is 8.43. The summed E-state index contributed by atoms with van der Waals surface area (Å²) in [5, 5.41) is 1.53. The molecular weight excluding hydrogens is 376 g/mol. The number of fused-ring (bicyclic) bond motifs is 1. The molecule has 0 saturated heterocycles. The Labute approximate surface area is 167 Å². The largest absolute Gasteiger partial charge is 0.497 e. The number of carbonyl (C=O) groups excluding carboxylic acids is 1. The van der Waals surface area contributed by atoms with Gasteiger partial charge in [0.25, 0.3) is 0 Å². The van der Waals surface area contributed by atoms with Gasteiger partial charge in [-0.1, -0.05) is 11.8 Å². The van der Waals surface area contributed by atoms with Crippen molar-refractivity contribution in [1.82, 2.24) is 14.5 Å². The summed E-state index contributed by atoms with van der Waals surface area (Å²) < 4.78 is 12.7. The minimum Gasteiger partial charge on any atom is -0.497 e. The van der Waals surface area contributed by atoms with E-state index in [1.54, 1.807) is 26.5 Å². The molecule has 0 aliphatic heterocycles. The number of nitrogens with zero attached hydrogens (tertiary/aromatic N) is 4. The summed E-state index contributed by atoms with van der Waals surface area (Å²) in [7, 11) is 3.20. The second-order valence-electron chi connectivity index (χ2n) is 5.99. The van der Waals surface area contributed by atoms with Gasteiger partial charge in [0.2, 0.25) is 5.91 Å². The third-order valence-corrected chi connectivity index (χ3v) is 4.81. The van der Waals surface area contributed by atoms with Crippen LogP contribution in [-0.4, -0.2) is 40.9 Å². The molecule has 3 aromatic rings. The highest BCUT2D eigenvalue weighted by Crippen LogP contribution is 2.29. The van der Waals surface area contributed by atoms with E-state index in [0.29, 0.717) is 28.7 Å². The van der Waals surface area contributed by atoms with Crippen molar-refractivity contribution in [1.29, 1.82) is 0 Å². The van der Waals surface area contributed by atoms with Gasteiger partial charge in [0.1, 0.15) is 22.6 Å². The van der Waals surface area contributed by atoms with E-state index < -0.39 is 0 Å². The molecule has 0 spiro atoms. The number of hydrogen-bond acceptors (Lipinski definition) is 6. The van der Waals surface area contributed by atoms with Crippen molar-refractivity contribution >= 4 is 28.7 Å². The number of aromatic nitrogens is 3. The Morgan fingerprint density at radius 2 is 1.86 bits per heavy atom. The molecule has 0 fully saturated rings. The lowest BCUT2D eigenvalue weighted by atomic mass is 10.0. The number of thioether (sulfide) groups is 1. The third-order valence-electron chi connectivity index (χ3n) is 4.25. The van der Waals surface area contributed by atoms with Crippen molar-refractivity contribution in [3.63, 3.8) is 0 Å². The van der Waals surface area contributed by atoms with Crippen LogP contribution in [0.3, 0.4) is 0 Å². The summed E-state index contributed by atoms with van der Waals surface area (Å²) in [5.41, 5.74) is 2.89. The lowest BCUT2D eigenvalue weighted by Crippen LogP contribution is -2.25. The molecule has 0 aliphatic carbocycles. The quantitative estimate of drug-likeness (QED) is 0.485. The molecule has 0 N–H and O–H groups in total. The second-order valence-corrected chi connectivity index (χ2v) is 6.77. The minimum absolute atomic E-state index is 0.281. The number of ether oxygens (including phenoxy) is 2. The van der Waals surface area contributed by atoms with Crippen LogP contribution >= 0.6 is 11.8 Å². The third kappa shape index (κ3) is 3.87. The number of pyridine rings is 1. The smallest absolute Gasteiger partial charge is 0.244 e.